The Kier molecular flexibility index (Phi) is 8.36. The van der Waals surface area contributed by atoms with Crippen LogP contribution in [0.3, 0.4) is 0 Å². The van der Waals surface area contributed by atoms with Crippen molar-refractivity contribution in [1.29, 1.82) is 0 Å². The molecular formula is C32H38N2O5. The molecule has 1 fully saturated rings. The normalized spacial score (nSPS) is 18.0. The van der Waals surface area contributed by atoms with Crippen LogP contribution >= 0.6 is 0 Å². The number of carbonyl (C=O) groups excluding carboxylic acids is 2. The van der Waals surface area contributed by atoms with Crippen molar-refractivity contribution in [3.8, 4) is 18.1 Å². The van der Waals surface area contributed by atoms with E-state index in [4.69, 9.17) is 20.6 Å². The number of hydrogen-bond acceptors (Lipinski definition) is 6. The number of esters is 1. The quantitative estimate of drug-likeness (QED) is 0.267. The van der Waals surface area contributed by atoms with E-state index in [-0.39, 0.29) is 12.0 Å². The van der Waals surface area contributed by atoms with Crippen molar-refractivity contribution in [2.24, 2.45) is 5.92 Å². The van der Waals surface area contributed by atoms with Crippen LogP contribution in [0.1, 0.15) is 73.1 Å². The molecule has 4 rings (SSSR count). The molecule has 0 aliphatic carbocycles. The van der Waals surface area contributed by atoms with Crippen molar-refractivity contribution < 1.29 is 23.8 Å². The average Bonchev–Trinajstić information content (AvgIpc) is 3.36. The van der Waals surface area contributed by atoms with Gasteiger partial charge in [-0.25, -0.2) is 9.59 Å². The third-order valence-electron chi connectivity index (χ3n) is 7.35. The molecule has 7 nitrogen and oxygen atoms in total. The van der Waals surface area contributed by atoms with Gasteiger partial charge >= 0.3 is 12.1 Å². The van der Waals surface area contributed by atoms with Gasteiger partial charge < -0.3 is 14.2 Å². The molecule has 2 atom stereocenters. The second-order valence-corrected chi connectivity index (χ2v) is 11.2. The third kappa shape index (κ3) is 6.12. The summed E-state index contributed by atoms with van der Waals surface area (Å²) in [6, 6.07) is 11.7. The van der Waals surface area contributed by atoms with Crippen molar-refractivity contribution in [3.63, 3.8) is 0 Å². The predicted molar refractivity (Wildman–Crippen MR) is 152 cm³/mol. The van der Waals surface area contributed by atoms with Gasteiger partial charge in [0.05, 0.1) is 25.3 Å². The summed E-state index contributed by atoms with van der Waals surface area (Å²) in [5, 5.41) is 0.961. The van der Waals surface area contributed by atoms with Gasteiger partial charge in [-0.2, -0.15) is 0 Å². The molecule has 0 N–H and O–H groups in total. The minimum Gasteiger partial charge on any atom is -0.496 e. The Morgan fingerprint density at radius 1 is 1.13 bits per heavy atom. The second-order valence-electron chi connectivity index (χ2n) is 11.2. The molecule has 2 heterocycles. The molecule has 3 aromatic rings. The van der Waals surface area contributed by atoms with Gasteiger partial charge in [0.25, 0.3) is 0 Å². The van der Waals surface area contributed by atoms with E-state index >= 15 is 0 Å². The number of methoxy groups -OCH3 is 2. The summed E-state index contributed by atoms with van der Waals surface area (Å²) < 4.78 is 18.0. The lowest BCUT2D eigenvalue weighted by Gasteiger charge is -2.40. The van der Waals surface area contributed by atoms with Gasteiger partial charge in [-0.05, 0) is 88.4 Å². The first-order valence-corrected chi connectivity index (χ1v) is 13.3. The van der Waals surface area contributed by atoms with Gasteiger partial charge in [0, 0.05) is 36.2 Å². The number of terminal acetylenes is 1. The molecule has 1 unspecified atom stereocenters. The van der Waals surface area contributed by atoms with Gasteiger partial charge in [0.2, 0.25) is 0 Å². The zero-order valence-corrected chi connectivity index (χ0v) is 23.7. The lowest BCUT2D eigenvalue weighted by atomic mass is 9.84. The van der Waals surface area contributed by atoms with E-state index in [9.17, 15) is 9.59 Å². The van der Waals surface area contributed by atoms with Crippen molar-refractivity contribution in [2.75, 3.05) is 20.8 Å². The van der Waals surface area contributed by atoms with E-state index in [1.165, 1.54) is 7.11 Å². The summed E-state index contributed by atoms with van der Waals surface area (Å²) in [5.74, 6) is 3.69. The SMILES string of the molecule is C#CCC1CCN(Cc2c(OC)cc(C)c3c2ccn3C(=O)OC(C)(C)C)[C@H](c2ccc(C(=O)OC)cc2)C1. The molecule has 0 spiro atoms. The summed E-state index contributed by atoms with van der Waals surface area (Å²) >= 11 is 0. The third-order valence-corrected chi connectivity index (χ3v) is 7.35. The fraction of sp³-hybridized carbons (Fsp3) is 0.438. The molecule has 0 bridgehead atoms. The van der Waals surface area contributed by atoms with E-state index in [0.29, 0.717) is 18.0 Å². The number of likely N-dealkylation sites (tertiary alicyclic amines) is 1. The van der Waals surface area contributed by atoms with Gasteiger partial charge in [-0.15, -0.1) is 12.3 Å². The maximum atomic E-state index is 13.0. The summed E-state index contributed by atoms with van der Waals surface area (Å²) in [4.78, 5) is 27.5. The second kappa shape index (κ2) is 11.5. The lowest BCUT2D eigenvalue weighted by Crippen LogP contribution is -2.36. The fourth-order valence-corrected chi connectivity index (χ4v) is 5.51. The molecule has 1 aliphatic heterocycles. The van der Waals surface area contributed by atoms with E-state index in [0.717, 1.165) is 59.2 Å². The Morgan fingerprint density at radius 3 is 2.46 bits per heavy atom. The van der Waals surface area contributed by atoms with Crippen LogP contribution in [0.4, 0.5) is 4.79 Å². The first-order valence-electron chi connectivity index (χ1n) is 13.3. The van der Waals surface area contributed by atoms with Gasteiger partial charge in [-0.3, -0.25) is 9.47 Å². The lowest BCUT2D eigenvalue weighted by molar-refractivity contribution is 0.0542. The molecule has 0 amide bonds. The Bertz CT molecular complexity index is 1390. The van der Waals surface area contributed by atoms with Crippen LogP contribution in [0.15, 0.2) is 42.6 Å². The Morgan fingerprint density at radius 2 is 1.85 bits per heavy atom. The number of nitrogens with zero attached hydrogens (tertiary/aromatic N) is 2. The molecular weight excluding hydrogens is 492 g/mol. The highest BCUT2D eigenvalue weighted by Crippen LogP contribution is 2.40. The van der Waals surface area contributed by atoms with Crippen LogP contribution in [0.5, 0.6) is 5.75 Å². The monoisotopic (exact) mass is 530 g/mol. The van der Waals surface area contributed by atoms with Crippen LogP contribution in [-0.2, 0) is 16.0 Å². The molecule has 39 heavy (non-hydrogen) atoms. The summed E-state index contributed by atoms with van der Waals surface area (Å²) in [7, 11) is 3.06. The van der Waals surface area contributed by atoms with Crippen LogP contribution < -0.4 is 4.74 Å². The Balaban J connectivity index is 1.73. The van der Waals surface area contributed by atoms with Crippen molar-refractivity contribution in [2.45, 2.75) is 65.1 Å². The molecule has 1 saturated heterocycles. The molecule has 7 heteroatoms. The topological polar surface area (TPSA) is 70.0 Å². The van der Waals surface area contributed by atoms with E-state index in [2.05, 4.69) is 10.8 Å². The molecule has 1 aromatic heterocycles. The largest absolute Gasteiger partial charge is 0.496 e. The van der Waals surface area contributed by atoms with Crippen LogP contribution in [0.2, 0.25) is 0 Å². The summed E-state index contributed by atoms with van der Waals surface area (Å²) in [6.45, 7) is 9.05. The van der Waals surface area contributed by atoms with Crippen molar-refractivity contribution in [1.82, 2.24) is 9.47 Å². The van der Waals surface area contributed by atoms with Crippen molar-refractivity contribution >= 4 is 23.0 Å². The molecule has 2 aromatic carbocycles. The summed E-state index contributed by atoms with van der Waals surface area (Å²) in [6.07, 6.45) is 9.69. The number of ether oxygens (including phenoxy) is 3. The van der Waals surface area contributed by atoms with Crippen molar-refractivity contribution in [3.05, 3.63) is 64.8 Å². The number of aryl methyl sites for hydroxylation is 1. The number of benzene rings is 2. The van der Waals surface area contributed by atoms with E-state index in [1.807, 2.05) is 64.1 Å². The van der Waals surface area contributed by atoms with Gasteiger partial charge in [0.15, 0.2) is 0 Å². The Hall–Kier alpha value is -3.76. The smallest absolute Gasteiger partial charge is 0.419 e. The highest BCUT2D eigenvalue weighted by atomic mass is 16.6. The van der Waals surface area contributed by atoms with E-state index in [1.54, 1.807) is 17.9 Å². The zero-order valence-electron chi connectivity index (χ0n) is 23.7. The van der Waals surface area contributed by atoms with Crippen LogP contribution in [0, 0.1) is 25.2 Å². The first-order chi connectivity index (χ1) is 18.6. The highest BCUT2D eigenvalue weighted by Gasteiger charge is 2.31. The maximum absolute atomic E-state index is 13.0. The van der Waals surface area contributed by atoms with Gasteiger partial charge in [-0.1, -0.05) is 12.1 Å². The molecule has 0 radical (unpaired) electrons. The van der Waals surface area contributed by atoms with Crippen LogP contribution in [0.25, 0.3) is 10.9 Å². The molecule has 0 saturated carbocycles. The zero-order chi connectivity index (χ0) is 28.3. The standard InChI is InChI=1S/C32H38N2O5/c1-8-9-22-14-16-33(27(19-22)23-10-12-24(13-11-23)30(35)38-7)20-26-25-15-17-34(31(36)39-32(3,4)5)29(25)21(2)18-28(26)37-6/h1,10-13,15,17-18,22,27H,9,14,16,19-20H2,2-7H3/t22?,27-/m0/s1. The van der Waals surface area contributed by atoms with E-state index < -0.39 is 11.7 Å². The number of piperidine rings is 1. The van der Waals surface area contributed by atoms with Crippen LogP contribution in [-0.4, -0.2) is 47.9 Å². The molecule has 206 valence electrons. The minimum absolute atomic E-state index is 0.109. The fourth-order valence-electron chi connectivity index (χ4n) is 5.51. The Labute approximate surface area is 231 Å². The number of fused-ring (bicyclic) bond motifs is 1. The van der Waals surface area contributed by atoms with Gasteiger partial charge in [0.1, 0.15) is 11.4 Å². The highest BCUT2D eigenvalue weighted by molar-refractivity contribution is 5.95. The minimum atomic E-state index is -0.601. The summed E-state index contributed by atoms with van der Waals surface area (Å²) in [5.41, 5.74) is 3.82. The number of hydrogen-bond donors (Lipinski definition) is 0. The number of rotatable bonds is 6. The molecule has 1 aliphatic rings. The predicted octanol–water partition coefficient (Wildman–Crippen LogP) is 6.50. The average molecular weight is 531 g/mol. The number of aromatic nitrogens is 1. The maximum Gasteiger partial charge on any atom is 0.419 e. The first kappa shape index (κ1) is 28.3. The number of carbonyl (C=O) groups is 2.